The molecule has 1 aliphatic carbocycles. The molecule has 20 heavy (non-hydrogen) atoms. The molecular formula is C17H24N2O. The monoisotopic (exact) mass is 272 g/mol. The van der Waals surface area contributed by atoms with Crippen molar-refractivity contribution in [2.45, 2.75) is 44.1 Å². The van der Waals surface area contributed by atoms with E-state index in [0.29, 0.717) is 17.4 Å². The van der Waals surface area contributed by atoms with Gasteiger partial charge in [0.05, 0.1) is 0 Å². The average molecular weight is 272 g/mol. The summed E-state index contributed by atoms with van der Waals surface area (Å²) in [6.07, 6.45) is 2.43. The summed E-state index contributed by atoms with van der Waals surface area (Å²) >= 11 is 0. The number of likely N-dealkylation sites (N-methyl/N-ethyl adjacent to an activating group) is 1. The minimum absolute atomic E-state index is 0.0641. The van der Waals surface area contributed by atoms with E-state index in [0.717, 1.165) is 13.1 Å². The van der Waals surface area contributed by atoms with Crippen LogP contribution in [-0.4, -0.2) is 37.0 Å². The smallest absolute Gasteiger partial charge is 0.216 e. The molecule has 3 atom stereocenters. The second-order valence-electron chi connectivity index (χ2n) is 6.69. The number of piperidine rings is 1. The molecule has 3 heteroatoms. The van der Waals surface area contributed by atoms with Crippen molar-refractivity contribution < 1.29 is 4.79 Å². The van der Waals surface area contributed by atoms with Crippen molar-refractivity contribution >= 4 is 5.91 Å². The van der Waals surface area contributed by atoms with Gasteiger partial charge in [-0.15, -0.1) is 0 Å². The number of carbonyl (C=O) groups is 1. The second kappa shape index (κ2) is 4.88. The Morgan fingerprint density at radius 1 is 1.45 bits per heavy atom. The molecule has 2 bridgehead atoms. The van der Waals surface area contributed by atoms with Crippen molar-refractivity contribution in [2.24, 2.45) is 0 Å². The molecule has 1 aromatic rings. The fourth-order valence-corrected chi connectivity index (χ4v) is 4.08. The minimum atomic E-state index is 0.0641. The van der Waals surface area contributed by atoms with E-state index >= 15 is 0 Å². The van der Waals surface area contributed by atoms with Gasteiger partial charge in [0.25, 0.3) is 0 Å². The summed E-state index contributed by atoms with van der Waals surface area (Å²) in [5, 5.41) is 3.03. The summed E-state index contributed by atoms with van der Waals surface area (Å²) in [5.41, 5.74) is 3.24. The van der Waals surface area contributed by atoms with Gasteiger partial charge in [0, 0.05) is 25.4 Å². The first kappa shape index (κ1) is 13.6. The van der Waals surface area contributed by atoms with Crippen molar-refractivity contribution in [1.29, 1.82) is 0 Å². The molecule has 3 nitrogen and oxygen atoms in total. The Bertz CT molecular complexity index is 527. The molecule has 1 heterocycles. The summed E-state index contributed by atoms with van der Waals surface area (Å²) < 4.78 is 0. The van der Waals surface area contributed by atoms with E-state index in [2.05, 4.69) is 48.5 Å². The lowest BCUT2D eigenvalue weighted by Gasteiger charge is -2.52. The second-order valence-corrected chi connectivity index (χ2v) is 6.69. The van der Waals surface area contributed by atoms with Crippen LogP contribution in [-0.2, 0) is 10.2 Å². The van der Waals surface area contributed by atoms with Crippen LogP contribution >= 0.6 is 0 Å². The Labute approximate surface area is 121 Å². The Balaban J connectivity index is 2.01. The third kappa shape index (κ3) is 2.14. The van der Waals surface area contributed by atoms with Crippen LogP contribution in [0, 0.1) is 0 Å². The molecule has 1 saturated heterocycles. The molecule has 2 unspecified atom stereocenters. The van der Waals surface area contributed by atoms with Gasteiger partial charge in [0.15, 0.2) is 0 Å². The molecule has 1 amide bonds. The van der Waals surface area contributed by atoms with Crippen molar-refractivity contribution in [3.63, 3.8) is 0 Å². The highest BCUT2D eigenvalue weighted by Gasteiger charge is 2.46. The van der Waals surface area contributed by atoms with Gasteiger partial charge in [-0.05, 0) is 43.0 Å². The number of fused-ring (bicyclic) bond motifs is 4. The standard InChI is InChI=1S/C17H24N2O/c1-12(20)18-11-14-13-6-4-5-7-15(13)17(2)8-9-19(3)16(14)10-17/h4-7,14,16H,8-11H2,1-3H3,(H,18,20)/t14-,16?,17?/m0/s1. The quantitative estimate of drug-likeness (QED) is 0.896. The highest BCUT2D eigenvalue weighted by molar-refractivity contribution is 5.72. The van der Waals surface area contributed by atoms with E-state index in [9.17, 15) is 4.79 Å². The molecule has 1 aromatic carbocycles. The highest BCUT2D eigenvalue weighted by atomic mass is 16.1. The third-order valence-corrected chi connectivity index (χ3v) is 5.29. The molecule has 108 valence electrons. The first-order valence-electron chi connectivity index (χ1n) is 7.55. The zero-order valence-corrected chi connectivity index (χ0v) is 12.6. The van der Waals surface area contributed by atoms with Gasteiger partial charge in [-0.2, -0.15) is 0 Å². The fourth-order valence-electron chi connectivity index (χ4n) is 4.08. The number of amides is 1. The van der Waals surface area contributed by atoms with E-state index in [-0.39, 0.29) is 5.91 Å². The molecule has 1 N–H and O–H groups in total. The van der Waals surface area contributed by atoms with Gasteiger partial charge in [0.2, 0.25) is 5.91 Å². The van der Waals surface area contributed by atoms with E-state index in [1.165, 1.54) is 24.0 Å². The number of benzene rings is 1. The molecule has 3 rings (SSSR count). The maximum Gasteiger partial charge on any atom is 0.216 e. The Hall–Kier alpha value is -1.35. The number of carbonyl (C=O) groups excluding carboxylic acids is 1. The Kier molecular flexibility index (Phi) is 3.33. The summed E-state index contributed by atoms with van der Waals surface area (Å²) in [6, 6.07) is 9.36. The number of nitrogens with one attached hydrogen (secondary N) is 1. The van der Waals surface area contributed by atoms with Crippen LogP contribution in [0.3, 0.4) is 0 Å². The zero-order chi connectivity index (χ0) is 14.3. The maximum absolute atomic E-state index is 11.3. The third-order valence-electron chi connectivity index (χ3n) is 5.29. The Morgan fingerprint density at radius 3 is 2.95 bits per heavy atom. The molecule has 0 spiro atoms. The summed E-state index contributed by atoms with van der Waals surface area (Å²) in [5.74, 6) is 0.475. The van der Waals surface area contributed by atoms with E-state index in [1.54, 1.807) is 6.92 Å². The van der Waals surface area contributed by atoms with Crippen molar-refractivity contribution in [3.05, 3.63) is 35.4 Å². The maximum atomic E-state index is 11.3. The van der Waals surface area contributed by atoms with Crippen LogP contribution in [0.1, 0.15) is 43.7 Å². The zero-order valence-electron chi connectivity index (χ0n) is 12.6. The molecule has 1 fully saturated rings. The van der Waals surface area contributed by atoms with Crippen molar-refractivity contribution in [1.82, 2.24) is 10.2 Å². The number of hydrogen-bond donors (Lipinski definition) is 1. The van der Waals surface area contributed by atoms with Crippen LogP contribution in [0.25, 0.3) is 0 Å². The van der Waals surface area contributed by atoms with Gasteiger partial charge in [-0.3, -0.25) is 4.79 Å². The lowest BCUT2D eigenvalue weighted by molar-refractivity contribution is -0.119. The average Bonchev–Trinajstić information content (AvgIpc) is 2.43. The SMILES string of the molecule is CC(=O)NC[C@H]1c2ccccc2C2(C)CCN(C)C1C2. The number of rotatable bonds is 2. The van der Waals surface area contributed by atoms with Crippen LogP contribution in [0.4, 0.5) is 0 Å². The molecule has 0 saturated carbocycles. The van der Waals surface area contributed by atoms with Gasteiger partial charge < -0.3 is 10.2 Å². The lowest BCUT2D eigenvalue weighted by atomic mass is 9.61. The van der Waals surface area contributed by atoms with Gasteiger partial charge in [0.1, 0.15) is 0 Å². The number of nitrogens with zero attached hydrogens (tertiary/aromatic N) is 1. The molecule has 0 aromatic heterocycles. The summed E-state index contributed by atoms with van der Waals surface area (Å²) in [4.78, 5) is 13.8. The van der Waals surface area contributed by atoms with E-state index < -0.39 is 0 Å². The summed E-state index contributed by atoms with van der Waals surface area (Å²) in [7, 11) is 2.22. The van der Waals surface area contributed by atoms with Crippen molar-refractivity contribution in [2.75, 3.05) is 20.1 Å². The molecular weight excluding hydrogens is 248 g/mol. The lowest BCUT2D eigenvalue weighted by Crippen LogP contribution is -2.54. The van der Waals surface area contributed by atoms with E-state index in [4.69, 9.17) is 0 Å². The normalized spacial score (nSPS) is 32.5. The minimum Gasteiger partial charge on any atom is -0.356 e. The number of likely N-dealkylation sites (tertiary alicyclic amines) is 1. The van der Waals surface area contributed by atoms with Crippen molar-refractivity contribution in [3.8, 4) is 0 Å². The predicted octanol–water partition coefficient (Wildman–Crippen LogP) is 2.27. The van der Waals surface area contributed by atoms with E-state index in [1.807, 2.05) is 0 Å². The van der Waals surface area contributed by atoms with Crippen LogP contribution in [0.5, 0.6) is 0 Å². The van der Waals surface area contributed by atoms with Crippen LogP contribution in [0.15, 0.2) is 24.3 Å². The van der Waals surface area contributed by atoms with Gasteiger partial charge >= 0.3 is 0 Å². The number of hydrogen-bond acceptors (Lipinski definition) is 2. The first-order chi connectivity index (χ1) is 9.51. The van der Waals surface area contributed by atoms with Gasteiger partial charge in [-0.1, -0.05) is 31.2 Å². The fraction of sp³-hybridized carbons (Fsp3) is 0.588. The molecule has 1 aliphatic heterocycles. The first-order valence-corrected chi connectivity index (χ1v) is 7.55. The van der Waals surface area contributed by atoms with Crippen LogP contribution < -0.4 is 5.32 Å². The molecule has 2 aliphatic rings. The Morgan fingerprint density at radius 2 is 2.20 bits per heavy atom. The predicted molar refractivity (Wildman–Crippen MR) is 80.9 cm³/mol. The van der Waals surface area contributed by atoms with Crippen LogP contribution in [0.2, 0.25) is 0 Å². The summed E-state index contributed by atoms with van der Waals surface area (Å²) in [6.45, 7) is 5.90. The largest absolute Gasteiger partial charge is 0.356 e. The topological polar surface area (TPSA) is 32.3 Å². The molecule has 0 radical (unpaired) electrons. The highest BCUT2D eigenvalue weighted by Crippen LogP contribution is 2.48. The van der Waals surface area contributed by atoms with Gasteiger partial charge in [-0.25, -0.2) is 0 Å².